The lowest BCUT2D eigenvalue weighted by Crippen LogP contribution is -2.49. The Morgan fingerprint density at radius 1 is 1.19 bits per heavy atom. The maximum absolute atomic E-state index is 12.1. The van der Waals surface area contributed by atoms with E-state index in [4.69, 9.17) is 0 Å². The molecule has 2 heterocycles. The quantitative estimate of drug-likeness (QED) is 0.770. The molecule has 7 heteroatoms. The molecule has 1 fully saturated rings. The van der Waals surface area contributed by atoms with E-state index >= 15 is 0 Å². The number of fused-ring (bicyclic) bond motifs is 1. The minimum Gasteiger partial charge on any atom is -0.298 e. The van der Waals surface area contributed by atoms with Crippen LogP contribution < -0.4 is 0 Å². The van der Waals surface area contributed by atoms with E-state index in [2.05, 4.69) is 10.1 Å². The van der Waals surface area contributed by atoms with Gasteiger partial charge in [0, 0.05) is 26.6 Å². The number of aliphatic imine (C=N–C) groups is 1. The van der Waals surface area contributed by atoms with Gasteiger partial charge in [-0.15, -0.1) is 5.10 Å². The highest BCUT2D eigenvalue weighted by molar-refractivity contribution is 6.16. The number of hydrogen-bond donors (Lipinski definition) is 0. The highest BCUT2D eigenvalue weighted by Crippen LogP contribution is 2.24. The maximum atomic E-state index is 12.1. The minimum absolute atomic E-state index is 0.213. The van der Waals surface area contributed by atoms with E-state index in [-0.39, 0.29) is 11.9 Å². The van der Waals surface area contributed by atoms with Gasteiger partial charge in [-0.25, -0.2) is 14.8 Å². The molecular formula is C14H15N5O2. The number of likely N-dealkylation sites (N-methyl/N-ethyl adjacent to an activating group) is 2. The predicted octanol–water partition coefficient (Wildman–Crippen LogP) is 0.932. The number of amidine groups is 2. The topological polar surface area (TPSA) is 68.6 Å². The Morgan fingerprint density at radius 2 is 1.86 bits per heavy atom. The molecule has 2 aliphatic heterocycles. The van der Waals surface area contributed by atoms with E-state index in [1.54, 1.807) is 14.1 Å². The Bertz CT molecular complexity index is 667. The van der Waals surface area contributed by atoms with Crippen LogP contribution in [-0.2, 0) is 4.79 Å². The first-order valence-electron chi connectivity index (χ1n) is 6.53. The van der Waals surface area contributed by atoms with Crippen molar-refractivity contribution in [3.05, 3.63) is 35.9 Å². The summed E-state index contributed by atoms with van der Waals surface area (Å²) in [5.41, 5.74) is 0.796. The van der Waals surface area contributed by atoms with E-state index in [0.717, 1.165) is 5.56 Å². The summed E-state index contributed by atoms with van der Waals surface area (Å²) in [6, 6.07) is 9.15. The van der Waals surface area contributed by atoms with Crippen molar-refractivity contribution in [3.8, 4) is 0 Å². The molecule has 0 radical (unpaired) electrons. The lowest BCUT2D eigenvalue weighted by molar-refractivity contribution is -0.131. The Hall–Kier alpha value is -2.70. The van der Waals surface area contributed by atoms with Gasteiger partial charge in [-0.1, -0.05) is 30.3 Å². The van der Waals surface area contributed by atoms with Crippen molar-refractivity contribution in [1.29, 1.82) is 0 Å². The largest absolute Gasteiger partial charge is 0.327 e. The minimum atomic E-state index is -0.576. The lowest BCUT2D eigenvalue weighted by atomic mass is 10.2. The zero-order valence-corrected chi connectivity index (χ0v) is 12.0. The van der Waals surface area contributed by atoms with E-state index in [1.165, 1.54) is 21.7 Å². The van der Waals surface area contributed by atoms with Crippen molar-refractivity contribution in [2.75, 3.05) is 14.1 Å². The van der Waals surface area contributed by atoms with Crippen molar-refractivity contribution in [1.82, 2.24) is 14.8 Å². The number of urea groups is 1. The Labute approximate surface area is 122 Å². The van der Waals surface area contributed by atoms with Gasteiger partial charge < -0.3 is 0 Å². The van der Waals surface area contributed by atoms with Crippen LogP contribution in [0.15, 0.2) is 40.4 Å². The molecule has 0 aliphatic carbocycles. The van der Waals surface area contributed by atoms with E-state index in [1.807, 2.05) is 30.3 Å². The smallest absolute Gasteiger partial charge is 0.298 e. The molecule has 7 nitrogen and oxygen atoms in total. The van der Waals surface area contributed by atoms with Crippen LogP contribution in [0.2, 0.25) is 0 Å². The second kappa shape index (κ2) is 4.69. The van der Waals surface area contributed by atoms with Gasteiger partial charge in [0.15, 0.2) is 17.8 Å². The second-order valence-corrected chi connectivity index (χ2v) is 4.95. The van der Waals surface area contributed by atoms with Crippen LogP contribution in [0.3, 0.4) is 0 Å². The van der Waals surface area contributed by atoms with Gasteiger partial charge in [-0.3, -0.25) is 14.6 Å². The van der Waals surface area contributed by atoms with Gasteiger partial charge in [-0.2, -0.15) is 0 Å². The maximum Gasteiger partial charge on any atom is 0.327 e. The number of hydrogen-bond acceptors (Lipinski definition) is 4. The van der Waals surface area contributed by atoms with Crippen LogP contribution in [0.25, 0.3) is 0 Å². The average Bonchev–Trinajstić information content (AvgIpc) is 2.72. The summed E-state index contributed by atoms with van der Waals surface area (Å²) in [5, 5.41) is 5.60. The van der Waals surface area contributed by atoms with Crippen molar-refractivity contribution in [2.45, 2.75) is 13.1 Å². The molecule has 1 saturated heterocycles. The fraction of sp³-hybridized carbons (Fsp3) is 0.286. The molecule has 0 saturated carbocycles. The molecule has 0 spiro atoms. The van der Waals surface area contributed by atoms with Crippen LogP contribution in [0.1, 0.15) is 12.5 Å². The van der Waals surface area contributed by atoms with Crippen LogP contribution in [0, 0.1) is 0 Å². The molecule has 2 aliphatic rings. The summed E-state index contributed by atoms with van der Waals surface area (Å²) in [4.78, 5) is 31.3. The zero-order chi connectivity index (χ0) is 15.1. The number of benzene rings is 1. The van der Waals surface area contributed by atoms with E-state index < -0.39 is 6.17 Å². The first kappa shape index (κ1) is 13.3. The van der Waals surface area contributed by atoms with Crippen molar-refractivity contribution in [3.63, 3.8) is 0 Å². The molecule has 3 amide bonds. The van der Waals surface area contributed by atoms with Crippen LogP contribution >= 0.6 is 0 Å². The lowest BCUT2D eigenvalue weighted by Gasteiger charge is -2.30. The zero-order valence-electron chi connectivity index (χ0n) is 12.0. The third-order valence-corrected chi connectivity index (χ3v) is 3.54. The predicted molar refractivity (Wildman–Crippen MR) is 77.6 cm³/mol. The molecule has 108 valence electrons. The van der Waals surface area contributed by atoms with E-state index in [9.17, 15) is 9.59 Å². The number of rotatable bonds is 1. The summed E-state index contributed by atoms with van der Waals surface area (Å²) in [5.74, 6) is 0.689. The van der Waals surface area contributed by atoms with Gasteiger partial charge in [0.2, 0.25) is 5.91 Å². The molecule has 21 heavy (non-hydrogen) atoms. The van der Waals surface area contributed by atoms with Crippen LogP contribution in [0.5, 0.6) is 0 Å². The normalized spacial score (nSPS) is 21.2. The monoisotopic (exact) mass is 285 g/mol. The molecule has 1 aromatic carbocycles. The third kappa shape index (κ3) is 1.97. The molecule has 1 aromatic rings. The van der Waals surface area contributed by atoms with Gasteiger partial charge >= 0.3 is 6.03 Å². The summed E-state index contributed by atoms with van der Waals surface area (Å²) >= 11 is 0. The van der Waals surface area contributed by atoms with Crippen molar-refractivity contribution >= 4 is 23.6 Å². The Kier molecular flexibility index (Phi) is 2.97. The second-order valence-electron chi connectivity index (χ2n) is 4.95. The Morgan fingerprint density at radius 3 is 2.48 bits per heavy atom. The first-order chi connectivity index (χ1) is 10.0. The number of nitrogens with zero attached hydrogens (tertiary/aromatic N) is 5. The molecule has 0 bridgehead atoms. The van der Waals surface area contributed by atoms with Crippen LogP contribution in [0.4, 0.5) is 4.79 Å². The summed E-state index contributed by atoms with van der Waals surface area (Å²) in [6.07, 6.45) is -0.576. The summed E-state index contributed by atoms with van der Waals surface area (Å²) < 4.78 is 0. The van der Waals surface area contributed by atoms with Gasteiger partial charge in [0.1, 0.15) is 0 Å². The molecule has 3 rings (SSSR count). The van der Waals surface area contributed by atoms with Gasteiger partial charge in [-0.05, 0) is 0 Å². The van der Waals surface area contributed by atoms with Crippen molar-refractivity contribution < 1.29 is 9.59 Å². The van der Waals surface area contributed by atoms with E-state index in [0.29, 0.717) is 11.7 Å². The number of carbonyl (C=O) groups excluding carboxylic acids is 2. The molecule has 0 N–H and O–H groups in total. The Balaban J connectivity index is 2.11. The summed E-state index contributed by atoms with van der Waals surface area (Å²) in [6.45, 7) is 1.42. The molecular weight excluding hydrogens is 270 g/mol. The average molecular weight is 285 g/mol. The molecule has 1 unspecified atom stereocenters. The standard InChI is InChI=1S/C14H15N5O2/c1-9(20)19-13-12(17(2)14(21)18(13)3)15-11(16-19)10-7-5-4-6-8-10/h4-8,13H,1-3H3. The number of amides is 3. The number of hydrazone groups is 1. The highest BCUT2D eigenvalue weighted by atomic mass is 16.2. The SMILES string of the molecule is CC(=O)N1N=C(c2ccccc2)N=C2C1N(C)C(=O)N2C. The third-order valence-electron chi connectivity index (χ3n) is 3.54. The van der Waals surface area contributed by atoms with Crippen molar-refractivity contribution in [2.24, 2.45) is 10.1 Å². The summed E-state index contributed by atoms with van der Waals surface area (Å²) in [7, 11) is 3.27. The van der Waals surface area contributed by atoms with Crippen LogP contribution in [-0.4, -0.2) is 58.7 Å². The first-order valence-corrected chi connectivity index (χ1v) is 6.53. The molecule has 0 aromatic heterocycles. The van der Waals surface area contributed by atoms with Gasteiger partial charge in [0.25, 0.3) is 0 Å². The number of carbonyl (C=O) groups is 2. The molecule has 1 atom stereocenters. The fourth-order valence-electron chi connectivity index (χ4n) is 2.43. The van der Waals surface area contributed by atoms with Gasteiger partial charge in [0.05, 0.1) is 0 Å². The fourth-order valence-corrected chi connectivity index (χ4v) is 2.43. The highest BCUT2D eigenvalue weighted by Gasteiger charge is 2.46.